The van der Waals surface area contributed by atoms with Gasteiger partial charge in [0.2, 0.25) is 5.13 Å². The molecular weight excluding hydrogens is 258 g/mol. The summed E-state index contributed by atoms with van der Waals surface area (Å²) >= 11 is 1.53. The Hall–Kier alpha value is -1.62. The monoisotopic (exact) mass is 277 g/mol. The number of nitrogens with one attached hydrogen (secondary N) is 1. The molecule has 0 fully saturated rings. The first-order valence-electron chi connectivity index (χ1n) is 6.37. The first-order chi connectivity index (χ1) is 9.10. The number of aromatic nitrogens is 2. The van der Waals surface area contributed by atoms with Crippen LogP contribution in [0.2, 0.25) is 0 Å². The molecule has 19 heavy (non-hydrogen) atoms. The molecule has 0 radical (unpaired) electrons. The lowest BCUT2D eigenvalue weighted by atomic mass is 10.1. The van der Waals surface area contributed by atoms with Gasteiger partial charge in [-0.1, -0.05) is 17.4 Å². The fraction of sp³-hybridized carbons (Fsp3) is 0.429. The Morgan fingerprint density at radius 3 is 2.74 bits per heavy atom. The van der Waals surface area contributed by atoms with E-state index in [0.29, 0.717) is 6.61 Å². The highest BCUT2D eigenvalue weighted by Gasteiger charge is 2.07. The predicted octanol–water partition coefficient (Wildman–Crippen LogP) is 3.47. The Bertz CT molecular complexity index is 566. The van der Waals surface area contributed by atoms with Crippen molar-refractivity contribution in [1.29, 1.82) is 0 Å². The van der Waals surface area contributed by atoms with E-state index in [0.717, 1.165) is 22.4 Å². The number of hydrogen-bond acceptors (Lipinski definition) is 5. The number of nitrogens with zero attached hydrogens (tertiary/aromatic N) is 2. The van der Waals surface area contributed by atoms with Crippen LogP contribution in [0.15, 0.2) is 12.1 Å². The van der Waals surface area contributed by atoms with E-state index >= 15 is 0 Å². The minimum Gasteiger partial charge on any atom is -0.486 e. The van der Waals surface area contributed by atoms with Gasteiger partial charge in [0.1, 0.15) is 12.4 Å². The third kappa shape index (κ3) is 3.44. The molecule has 0 bridgehead atoms. The third-order valence-corrected chi connectivity index (χ3v) is 3.76. The zero-order valence-electron chi connectivity index (χ0n) is 11.8. The van der Waals surface area contributed by atoms with E-state index in [1.165, 1.54) is 28.0 Å². The molecule has 1 N–H and O–H groups in total. The predicted molar refractivity (Wildman–Crippen MR) is 79.1 cm³/mol. The summed E-state index contributed by atoms with van der Waals surface area (Å²) in [6.45, 7) is 9.61. The lowest BCUT2D eigenvalue weighted by Gasteiger charge is -2.11. The van der Waals surface area contributed by atoms with Crippen molar-refractivity contribution < 1.29 is 4.74 Å². The molecule has 0 saturated heterocycles. The summed E-state index contributed by atoms with van der Waals surface area (Å²) in [5.41, 5.74) is 3.64. The number of rotatable bonds is 5. The fourth-order valence-corrected chi connectivity index (χ4v) is 2.55. The summed E-state index contributed by atoms with van der Waals surface area (Å²) in [6.07, 6.45) is 0. The lowest BCUT2D eigenvalue weighted by Crippen LogP contribution is -1.98. The van der Waals surface area contributed by atoms with Gasteiger partial charge < -0.3 is 10.1 Å². The van der Waals surface area contributed by atoms with Crippen LogP contribution in [0, 0.1) is 20.8 Å². The van der Waals surface area contributed by atoms with Crippen LogP contribution in [0.25, 0.3) is 0 Å². The molecule has 0 unspecified atom stereocenters. The van der Waals surface area contributed by atoms with Crippen molar-refractivity contribution >= 4 is 16.5 Å². The fourth-order valence-electron chi connectivity index (χ4n) is 1.82. The molecule has 1 aromatic heterocycles. The molecular formula is C14H19N3OS. The summed E-state index contributed by atoms with van der Waals surface area (Å²) in [6, 6.07) is 4.23. The van der Waals surface area contributed by atoms with Crippen LogP contribution in [0.5, 0.6) is 5.75 Å². The number of benzene rings is 1. The van der Waals surface area contributed by atoms with Crippen molar-refractivity contribution in [3.05, 3.63) is 33.8 Å². The van der Waals surface area contributed by atoms with Gasteiger partial charge in [-0.25, -0.2) is 0 Å². The second-order valence-corrected chi connectivity index (χ2v) is 5.59. The van der Waals surface area contributed by atoms with E-state index in [1.807, 2.05) is 6.92 Å². The van der Waals surface area contributed by atoms with Gasteiger partial charge in [0, 0.05) is 6.54 Å². The highest BCUT2D eigenvalue weighted by atomic mass is 32.1. The molecule has 102 valence electrons. The van der Waals surface area contributed by atoms with E-state index in [4.69, 9.17) is 4.74 Å². The van der Waals surface area contributed by atoms with E-state index < -0.39 is 0 Å². The van der Waals surface area contributed by atoms with Crippen LogP contribution >= 0.6 is 11.3 Å². The molecule has 0 atom stereocenters. The molecule has 0 aliphatic carbocycles. The Morgan fingerprint density at radius 2 is 2.00 bits per heavy atom. The quantitative estimate of drug-likeness (QED) is 0.909. The van der Waals surface area contributed by atoms with Crippen LogP contribution < -0.4 is 10.1 Å². The average Bonchev–Trinajstić information content (AvgIpc) is 2.80. The molecule has 0 amide bonds. The van der Waals surface area contributed by atoms with E-state index in [9.17, 15) is 0 Å². The molecule has 4 nitrogen and oxygen atoms in total. The van der Waals surface area contributed by atoms with Crippen LogP contribution in [-0.4, -0.2) is 16.7 Å². The summed E-state index contributed by atoms with van der Waals surface area (Å²) < 4.78 is 5.86. The Balaban J connectivity index is 2.05. The van der Waals surface area contributed by atoms with Crippen molar-refractivity contribution in [2.45, 2.75) is 34.3 Å². The molecule has 2 rings (SSSR count). The van der Waals surface area contributed by atoms with Crippen LogP contribution in [0.4, 0.5) is 5.13 Å². The normalized spacial score (nSPS) is 10.5. The van der Waals surface area contributed by atoms with Crippen molar-refractivity contribution in [1.82, 2.24) is 10.2 Å². The molecule has 0 aliphatic heterocycles. The summed E-state index contributed by atoms with van der Waals surface area (Å²) in [5.74, 6) is 0.928. The second kappa shape index (κ2) is 6.02. The number of aryl methyl sites for hydroxylation is 2. The van der Waals surface area contributed by atoms with Crippen molar-refractivity contribution in [3.63, 3.8) is 0 Å². The van der Waals surface area contributed by atoms with Crippen LogP contribution in [0.3, 0.4) is 0 Å². The maximum Gasteiger partial charge on any atom is 0.205 e. The third-order valence-electron chi connectivity index (χ3n) is 2.91. The molecule has 1 heterocycles. The van der Waals surface area contributed by atoms with Gasteiger partial charge in [-0.15, -0.1) is 10.2 Å². The molecule has 0 saturated carbocycles. The summed E-state index contributed by atoms with van der Waals surface area (Å²) in [4.78, 5) is 0. The van der Waals surface area contributed by atoms with Gasteiger partial charge in [-0.05, 0) is 50.5 Å². The highest BCUT2D eigenvalue weighted by Crippen LogP contribution is 2.25. The number of anilines is 1. The molecule has 0 aliphatic rings. The lowest BCUT2D eigenvalue weighted by molar-refractivity contribution is 0.302. The van der Waals surface area contributed by atoms with Crippen LogP contribution in [0.1, 0.15) is 28.6 Å². The largest absolute Gasteiger partial charge is 0.486 e. The summed E-state index contributed by atoms with van der Waals surface area (Å²) in [7, 11) is 0. The Morgan fingerprint density at radius 1 is 1.21 bits per heavy atom. The van der Waals surface area contributed by atoms with Crippen molar-refractivity contribution in [2.75, 3.05) is 11.9 Å². The van der Waals surface area contributed by atoms with Gasteiger partial charge in [0.05, 0.1) is 0 Å². The van der Waals surface area contributed by atoms with Crippen LogP contribution in [-0.2, 0) is 6.61 Å². The minimum atomic E-state index is 0.465. The van der Waals surface area contributed by atoms with Crippen molar-refractivity contribution in [3.8, 4) is 5.75 Å². The summed E-state index contributed by atoms with van der Waals surface area (Å²) in [5, 5.41) is 13.0. The average molecular weight is 277 g/mol. The van der Waals surface area contributed by atoms with Gasteiger partial charge in [-0.3, -0.25) is 0 Å². The van der Waals surface area contributed by atoms with Crippen molar-refractivity contribution in [2.24, 2.45) is 0 Å². The van der Waals surface area contributed by atoms with Gasteiger partial charge in [-0.2, -0.15) is 0 Å². The molecule has 2 aromatic rings. The first-order valence-corrected chi connectivity index (χ1v) is 7.18. The SMILES string of the molecule is CCNc1nnc(COc2cc(C)cc(C)c2C)s1. The standard InChI is InChI=1S/C14H19N3OS/c1-5-15-14-17-16-13(19-14)8-18-12-7-9(2)6-10(3)11(12)4/h6-7H,5,8H2,1-4H3,(H,15,17). The molecule has 0 spiro atoms. The van der Waals surface area contributed by atoms with E-state index in [2.05, 4.69) is 48.4 Å². The number of ether oxygens (including phenoxy) is 1. The first kappa shape index (κ1) is 13.8. The maximum atomic E-state index is 5.86. The molecule has 5 heteroatoms. The second-order valence-electron chi connectivity index (χ2n) is 4.52. The number of hydrogen-bond donors (Lipinski definition) is 1. The van der Waals surface area contributed by atoms with Gasteiger partial charge in [0.15, 0.2) is 5.01 Å². The maximum absolute atomic E-state index is 5.86. The smallest absolute Gasteiger partial charge is 0.205 e. The zero-order valence-corrected chi connectivity index (χ0v) is 12.6. The van der Waals surface area contributed by atoms with Gasteiger partial charge in [0.25, 0.3) is 0 Å². The minimum absolute atomic E-state index is 0.465. The zero-order chi connectivity index (χ0) is 13.8. The topological polar surface area (TPSA) is 47.0 Å². The van der Waals surface area contributed by atoms with E-state index in [-0.39, 0.29) is 0 Å². The van der Waals surface area contributed by atoms with Gasteiger partial charge >= 0.3 is 0 Å². The Kier molecular flexibility index (Phi) is 4.37. The Labute approximate surface area is 117 Å². The van der Waals surface area contributed by atoms with E-state index in [1.54, 1.807) is 0 Å². The molecule has 1 aromatic carbocycles. The highest BCUT2D eigenvalue weighted by molar-refractivity contribution is 7.15.